The summed E-state index contributed by atoms with van der Waals surface area (Å²) >= 11 is 0. The molecule has 0 saturated heterocycles. The zero-order valence-electron chi connectivity index (χ0n) is 14.7. The monoisotopic (exact) mass is 365 g/mol. The Labute approximate surface area is 151 Å². The van der Waals surface area contributed by atoms with Crippen LogP contribution in [0.4, 0.5) is 8.78 Å². The molecule has 0 heterocycles. The average Bonchev–Trinajstić information content (AvgIpc) is 2.62. The molecule has 0 fully saturated rings. The van der Waals surface area contributed by atoms with Gasteiger partial charge in [0.1, 0.15) is 5.75 Å². The van der Waals surface area contributed by atoms with Gasteiger partial charge >= 0.3 is 6.61 Å². The van der Waals surface area contributed by atoms with E-state index < -0.39 is 6.61 Å². The molecule has 1 amide bonds. The minimum absolute atomic E-state index is 0.0352. The number of carbonyl (C=O) groups is 1. The number of hydrogen-bond acceptors (Lipinski definition) is 4. The van der Waals surface area contributed by atoms with Gasteiger partial charge < -0.3 is 19.1 Å². The molecule has 0 bridgehead atoms. The van der Waals surface area contributed by atoms with Gasteiger partial charge in [-0.3, -0.25) is 4.79 Å². The van der Waals surface area contributed by atoms with Crippen LogP contribution in [-0.4, -0.2) is 37.7 Å². The van der Waals surface area contributed by atoms with Gasteiger partial charge in [-0.25, -0.2) is 0 Å². The van der Waals surface area contributed by atoms with Crippen LogP contribution in [-0.2, 0) is 11.3 Å². The molecule has 0 atom stereocenters. The highest BCUT2D eigenvalue weighted by molar-refractivity contribution is 5.77. The molecular weight excluding hydrogens is 344 g/mol. The fourth-order valence-corrected chi connectivity index (χ4v) is 2.25. The fourth-order valence-electron chi connectivity index (χ4n) is 2.25. The lowest BCUT2D eigenvalue weighted by molar-refractivity contribution is -0.132. The third-order valence-corrected chi connectivity index (χ3v) is 3.48. The summed E-state index contributed by atoms with van der Waals surface area (Å²) in [5.41, 5.74) is 0.727. The van der Waals surface area contributed by atoms with Crippen LogP contribution in [0.5, 0.6) is 17.2 Å². The summed E-state index contributed by atoms with van der Waals surface area (Å²) in [6, 6.07) is 13.6. The molecule has 26 heavy (non-hydrogen) atoms. The quantitative estimate of drug-likeness (QED) is 0.680. The summed E-state index contributed by atoms with van der Waals surface area (Å²) in [4.78, 5) is 13.7. The lowest BCUT2D eigenvalue weighted by atomic mass is 10.2. The average molecular weight is 365 g/mol. The number of para-hydroxylation sites is 1. The Morgan fingerprint density at radius 3 is 2.46 bits per heavy atom. The fraction of sp³-hybridized carbons (Fsp3) is 0.316. The molecule has 2 aromatic carbocycles. The third kappa shape index (κ3) is 5.91. The van der Waals surface area contributed by atoms with Gasteiger partial charge in [-0.2, -0.15) is 8.78 Å². The number of hydrogen-bond donors (Lipinski definition) is 0. The van der Waals surface area contributed by atoms with Crippen molar-refractivity contribution in [2.75, 3.05) is 20.3 Å². The Balaban J connectivity index is 1.97. The molecule has 7 heteroatoms. The molecule has 0 aliphatic rings. The number of likely N-dealkylation sites (N-methyl/N-ethyl adjacent to an activating group) is 1. The Morgan fingerprint density at radius 2 is 1.81 bits per heavy atom. The van der Waals surface area contributed by atoms with Crippen molar-refractivity contribution in [2.45, 2.75) is 20.1 Å². The molecule has 0 N–H and O–H groups in total. The van der Waals surface area contributed by atoms with E-state index >= 15 is 0 Å². The van der Waals surface area contributed by atoms with Crippen LogP contribution in [0, 0.1) is 0 Å². The number of halogens is 2. The van der Waals surface area contributed by atoms with Gasteiger partial charge in [-0.15, -0.1) is 0 Å². The summed E-state index contributed by atoms with van der Waals surface area (Å²) in [6.45, 7) is -0.685. The lowest BCUT2D eigenvalue weighted by Crippen LogP contribution is -2.30. The highest BCUT2D eigenvalue weighted by Gasteiger charge is 2.14. The second kappa shape index (κ2) is 9.60. The van der Waals surface area contributed by atoms with Crippen molar-refractivity contribution in [1.29, 1.82) is 0 Å². The van der Waals surface area contributed by atoms with Crippen LogP contribution in [0.1, 0.15) is 12.5 Å². The second-order valence-corrected chi connectivity index (χ2v) is 5.44. The van der Waals surface area contributed by atoms with Crippen LogP contribution in [0.25, 0.3) is 0 Å². The largest absolute Gasteiger partial charge is 0.490 e. The van der Waals surface area contributed by atoms with Crippen LogP contribution < -0.4 is 14.2 Å². The molecular formula is C19H21F2NO4. The normalized spacial score (nSPS) is 10.5. The van der Waals surface area contributed by atoms with E-state index in [1.807, 2.05) is 18.2 Å². The van der Waals surface area contributed by atoms with Crippen LogP contribution in [0.3, 0.4) is 0 Å². The number of ether oxygens (including phenoxy) is 3. The minimum atomic E-state index is -2.93. The van der Waals surface area contributed by atoms with Crippen LogP contribution in [0.15, 0.2) is 48.5 Å². The summed E-state index contributed by atoms with van der Waals surface area (Å²) in [5.74, 6) is 0.583. The number of alkyl halides is 2. The molecule has 2 rings (SSSR count). The van der Waals surface area contributed by atoms with Gasteiger partial charge in [-0.05, 0) is 36.8 Å². The Morgan fingerprint density at radius 1 is 1.08 bits per heavy atom. The van der Waals surface area contributed by atoms with Crippen molar-refractivity contribution < 1.29 is 27.8 Å². The molecule has 0 unspecified atom stereocenters. The maximum atomic E-state index is 12.4. The van der Waals surface area contributed by atoms with E-state index in [1.54, 1.807) is 38.2 Å². The van der Waals surface area contributed by atoms with Crippen molar-refractivity contribution >= 4 is 5.91 Å². The summed E-state index contributed by atoms with van der Waals surface area (Å²) in [6.07, 6.45) is 0. The Bertz CT molecular complexity index is 710. The zero-order chi connectivity index (χ0) is 18.9. The van der Waals surface area contributed by atoms with Gasteiger partial charge in [0.15, 0.2) is 18.1 Å². The summed E-state index contributed by atoms with van der Waals surface area (Å²) in [5, 5.41) is 0. The van der Waals surface area contributed by atoms with Crippen molar-refractivity contribution in [1.82, 2.24) is 4.90 Å². The summed E-state index contributed by atoms with van der Waals surface area (Å²) in [7, 11) is 1.64. The van der Waals surface area contributed by atoms with Crippen molar-refractivity contribution in [2.24, 2.45) is 0 Å². The number of rotatable bonds is 9. The first-order valence-electron chi connectivity index (χ1n) is 8.12. The smallest absolute Gasteiger partial charge is 0.387 e. The number of carbonyl (C=O) groups excluding carboxylic acids is 1. The first kappa shape index (κ1) is 19.5. The number of benzene rings is 2. The molecule has 0 aromatic heterocycles. The van der Waals surface area contributed by atoms with E-state index in [9.17, 15) is 13.6 Å². The van der Waals surface area contributed by atoms with Gasteiger partial charge in [0.05, 0.1) is 6.61 Å². The highest BCUT2D eigenvalue weighted by atomic mass is 19.3. The van der Waals surface area contributed by atoms with Crippen LogP contribution >= 0.6 is 0 Å². The summed E-state index contributed by atoms with van der Waals surface area (Å²) < 4.78 is 40.1. The van der Waals surface area contributed by atoms with Crippen LogP contribution in [0.2, 0.25) is 0 Å². The zero-order valence-corrected chi connectivity index (χ0v) is 14.7. The molecule has 140 valence electrons. The van der Waals surface area contributed by atoms with E-state index in [0.29, 0.717) is 12.4 Å². The van der Waals surface area contributed by atoms with E-state index in [2.05, 4.69) is 4.74 Å². The molecule has 0 saturated carbocycles. The second-order valence-electron chi connectivity index (χ2n) is 5.44. The Hall–Kier alpha value is -2.83. The minimum Gasteiger partial charge on any atom is -0.490 e. The first-order chi connectivity index (χ1) is 12.5. The van der Waals surface area contributed by atoms with Crippen molar-refractivity contribution in [3.8, 4) is 17.2 Å². The lowest BCUT2D eigenvalue weighted by Gasteiger charge is -2.19. The van der Waals surface area contributed by atoms with Gasteiger partial charge in [-0.1, -0.05) is 24.3 Å². The molecule has 0 aliphatic carbocycles. The Kier molecular flexibility index (Phi) is 7.20. The highest BCUT2D eigenvalue weighted by Crippen LogP contribution is 2.30. The first-order valence-corrected chi connectivity index (χ1v) is 8.12. The molecule has 0 aliphatic heterocycles. The number of amides is 1. The molecule has 0 spiro atoms. The predicted octanol–water partition coefficient (Wildman–Crippen LogP) is 3.72. The predicted molar refractivity (Wildman–Crippen MR) is 92.7 cm³/mol. The molecule has 2 aromatic rings. The topological polar surface area (TPSA) is 48.0 Å². The SMILES string of the molecule is CCOc1cc(CN(C)C(=O)COc2ccccc2)ccc1OC(F)F. The standard InChI is InChI=1S/C19H21F2NO4/c1-3-24-17-11-14(9-10-16(17)26-19(20)21)12-22(2)18(23)13-25-15-7-5-4-6-8-15/h4-11,19H,3,12-13H2,1-2H3. The van der Waals surface area contributed by atoms with Gasteiger partial charge in [0.2, 0.25) is 0 Å². The van der Waals surface area contributed by atoms with Crippen molar-refractivity contribution in [3.05, 3.63) is 54.1 Å². The maximum absolute atomic E-state index is 12.4. The van der Waals surface area contributed by atoms with E-state index in [-0.39, 0.29) is 30.6 Å². The molecule has 0 radical (unpaired) electrons. The van der Waals surface area contributed by atoms with Gasteiger partial charge in [0.25, 0.3) is 5.91 Å². The van der Waals surface area contributed by atoms with Gasteiger partial charge in [0, 0.05) is 13.6 Å². The number of nitrogens with zero attached hydrogens (tertiary/aromatic N) is 1. The van der Waals surface area contributed by atoms with E-state index in [1.165, 1.54) is 11.0 Å². The molecule has 5 nitrogen and oxygen atoms in total. The maximum Gasteiger partial charge on any atom is 0.387 e. The van der Waals surface area contributed by atoms with Crippen molar-refractivity contribution in [3.63, 3.8) is 0 Å². The van der Waals surface area contributed by atoms with E-state index in [0.717, 1.165) is 5.56 Å². The third-order valence-electron chi connectivity index (χ3n) is 3.48. The van der Waals surface area contributed by atoms with E-state index in [4.69, 9.17) is 9.47 Å².